The number of rotatable bonds is 3. The molecule has 0 bridgehead atoms. The summed E-state index contributed by atoms with van der Waals surface area (Å²) in [5, 5.41) is 17.0. The molecule has 9 nitrogen and oxygen atoms in total. The first-order valence-electron chi connectivity index (χ1n) is 9.73. The molecule has 34 heavy (non-hydrogen) atoms. The van der Waals surface area contributed by atoms with E-state index in [0.717, 1.165) is 32.5 Å². The third-order valence-electron chi connectivity index (χ3n) is 4.83. The summed E-state index contributed by atoms with van der Waals surface area (Å²) in [4.78, 5) is 36.3. The molecule has 2 saturated heterocycles. The van der Waals surface area contributed by atoms with Crippen LogP contribution in [0, 0.1) is 5.92 Å². The first-order valence-corrected chi connectivity index (χ1v) is 9.73. The minimum Gasteiger partial charge on any atom is -0.475 e. The summed E-state index contributed by atoms with van der Waals surface area (Å²) in [5.74, 6) is -5.37. The van der Waals surface area contributed by atoms with Crippen molar-refractivity contribution in [2.45, 2.75) is 43.9 Å². The van der Waals surface area contributed by atoms with E-state index in [9.17, 15) is 31.1 Å². The highest BCUT2D eigenvalue weighted by Crippen LogP contribution is 2.32. The van der Waals surface area contributed by atoms with Crippen LogP contribution in [0.15, 0.2) is 24.5 Å². The van der Waals surface area contributed by atoms with Crippen molar-refractivity contribution in [3.05, 3.63) is 30.1 Å². The van der Waals surface area contributed by atoms with Crippen LogP contribution in [0.5, 0.6) is 0 Å². The Morgan fingerprint density at radius 2 is 1.71 bits per heavy atom. The second kappa shape index (κ2) is 12.5. The number of halogens is 6. The van der Waals surface area contributed by atoms with Gasteiger partial charge in [-0.15, -0.1) is 0 Å². The van der Waals surface area contributed by atoms with Crippen LogP contribution in [0.4, 0.5) is 26.3 Å². The molecule has 0 unspecified atom stereocenters. The van der Waals surface area contributed by atoms with E-state index in [1.165, 1.54) is 5.56 Å². The molecule has 192 valence electrons. The maximum Gasteiger partial charge on any atom is 0.490 e. The third kappa shape index (κ3) is 9.51. The largest absolute Gasteiger partial charge is 0.490 e. The maximum absolute atomic E-state index is 11.9. The second-order valence-electron chi connectivity index (χ2n) is 7.21. The van der Waals surface area contributed by atoms with E-state index in [1.807, 2.05) is 12.3 Å². The summed E-state index contributed by atoms with van der Waals surface area (Å²) < 4.78 is 69.3. The molecule has 15 heteroatoms. The topological polar surface area (TPSA) is 129 Å². The van der Waals surface area contributed by atoms with Crippen LogP contribution in [0.1, 0.15) is 18.4 Å². The zero-order valence-corrected chi connectivity index (χ0v) is 17.8. The van der Waals surface area contributed by atoms with E-state index in [-0.39, 0.29) is 17.9 Å². The predicted octanol–water partition coefficient (Wildman–Crippen LogP) is 2.07. The standard InChI is InChI=1S/C15H21N3O2.2C2HF3O2/c1-16-15(19)12-7-14-13(4-6-20-14)18(10-12)9-11-3-2-5-17-8-11;2*3-2(4,5)1(6)7/h2-3,5,8,12-14H,4,6-7,9-10H2,1H3,(H,16,19);2*(H,6,7)/t12-,13+,14+;;/m0../s1. The van der Waals surface area contributed by atoms with Crippen molar-refractivity contribution in [2.24, 2.45) is 5.92 Å². The number of piperidine rings is 1. The van der Waals surface area contributed by atoms with E-state index in [4.69, 9.17) is 24.5 Å². The zero-order valence-electron chi connectivity index (χ0n) is 17.8. The molecule has 0 radical (unpaired) electrons. The number of carboxylic acids is 2. The van der Waals surface area contributed by atoms with Gasteiger partial charge in [0, 0.05) is 45.2 Å². The van der Waals surface area contributed by atoms with Gasteiger partial charge in [0.1, 0.15) is 0 Å². The number of hydrogen-bond acceptors (Lipinski definition) is 6. The number of nitrogens with zero attached hydrogens (tertiary/aromatic N) is 2. The summed E-state index contributed by atoms with van der Waals surface area (Å²) in [6.45, 7) is 2.45. The van der Waals surface area contributed by atoms with Gasteiger partial charge < -0.3 is 20.3 Å². The molecular formula is C19H23F6N3O6. The fraction of sp³-hybridized carbons (Fsp3) is 0.579. The number of carbonyl (C=O) groups excluding carboxylic acids is 1. The molecule has 3 rings (SSSR count). The molecule has 0 aliphatic carbocycles. The van der Waals surface area contributed by atoms with Crippen molar-refractivity contribution >= 4 is 17.8 Å². The lowest BCUT2D eigenvalue weighted by molar-refractivity contribution is -0.193. The lowest BCUT2D eigenvalue weighted by atomic mass is 9.89. The minimum atomic E-state index is -5.08. The van der Waals surface area contributed by atoms with Gasteiger partial charge >= 0.3 is 24.3 Å². The van der Waals surface area contributed by atoms with Gasteiger partial charge in [-0.3, -0.25) is 14.7 Å². The van der Waals surface area contributed by atoms with Crippen molar-refractivity contribution in [2.75, 3.05) is 20.2 Å². The lowest BCUT2D eigenvalue weighted by Gasteiger charge is -2.40. The summed E-state index contributed by atoms with van der Waals surface area (Å²) in [5.41, 5.74) is 1.19. The van der Waals surface area contributed by atoms with Crippen LogP contribution >= 0.6 is 0 Å². The highest BCUT2D eigenvalue weighted by molar-refractivity contribution is 5.78. The molecule has 1 aromatic heterocycles. The fourth-order valence-corrected chi connectivity index (χ4v) is 3.36. The first-order chi connectivity index (χ1) is 15.7. The van der Waals surface area contributed by atoms with E-state index in [2.05, 4.69) is 21.3 Å². The first kappa shape index (κ1) is 29.1. The number of carboxylic acid groups (broad SMARTS) is 2. The van der Waals surface area contributed by atoms with Gasteiger partial charge in [-0.25, -0.2) is 9.59 Å². The zero-order chi connectivity index (χ0) is 26.1. The Bertz CT molecular complexity index is 797. The number of nitrogens with one attached hydrogen (secondary N) is 1. The number of likely N-dealkylation sites (tertiary alicyclic amines) is 1. The monoisotopic (exact) mass is 503 g/mol. The minimum absolute atomic E-state index is 0.0241. The van der Waals surface area contributed by atoms with Gasteiger partial charge in [0.2, 0.25) is 5.91 Å². The van der Waals surface area contributed by atoms with Crippen LogP contribution in [0.25, 0.3) is 0 Å². The highest BCUT2D eigenvalue weighted by Gasteiger charge is 2.42. The Labute approximate surface area is 189 Å². The number of fused-ring (bicyclic) bond motifs is 1. The quantitative estimate of drug-likeness (QED) is 0.535. The summed E-state index contributed by atoms with van der Waals surface area (Å²) >= 11 is 0. The molecule has 1 aromatic rings. The molecular weight excluding hydrogens is 480 g/mol. The highest BCUT2D eigenvalue weighted by atomic mass is 19.4. The summed E-state index contributed by atoms with van der Waals surface area (Å²) in [6.07, 6.45) is -4.38. The molecule has 3 N–H and O–H groups in total. The Morgan fingerprint density at radius 1 is 1.15 bits per heavy atom. The molecule has 0 saturated carbocycles. The molecule has 1 amide bonds. The van der Waals surface area contributed by atoms with Crippen LogP contribution in [0.2, 0.25) is 0 Å². The van der Waals surface area contributed by atoms with Crippen molar-refractivity contribution in [3.63, 3.8) is 0 Å². The van der Waals surface area contributed by atoms with E-state index in [1.54, 1.807) is 13.2 Å². The Hall–Kier alpha value is -2.94. The average molecular weight is 503 g/mol. The van der Waals surface area contributed by atoms with Gasteiger partial charge in [-0.05, 0) is 24.5 Å². The number of ether oxygens (including phenoxy) is 1. The van der Waals surface area contributed by atoms with Crippen LogP contribution in [-0.4, -0.2) is 82.6 Å². The van der Waals surface area contributed by atoms with Gasteiger partial charge in [0.15, 0.2) is 0 Å². The lowest BCUT2D eigenvalue weighted by Crippen LogP contribution is -2.52. The predicted molar refractivity (Wildman–Crippen MR) is 102 cm³/mol. The second-order valence-corrected chi connectivity index (χ2v) is 7.21. The van der Waals surface area contributed by atoms with Crippen molar-refractivity contribution in [1.29, 1.82) is 0 Å². The van der Waals surface area contributed by atoms with Gasteiger partial charge in [0.25, 0.3) is 0 Å². The van der Waals surface area contributed by atoms with E-state index < -0.39 is 24.3 Å². The van der Waals surface area contributed by atoms with Crippen molar-refractivity contribution in [3.8, 4) is 0 Å². The summed E-state index contributed by atoms with van der Waals surface area (Å²) in [7, 11) is 1.70. The SMILES string of the molecule is CNC(=O)[C@H]1C[C@H]2OCC[C@H]2N(Cc2cccnc2)C1.O=C(O)C(F)(F)F.O=C(O)C(F)(F)F. The van der Waals surface area contributed by atoms with E-state index >= 15 is 0 Å². The van der Waals surface area contributed by atoms with Gasteiger partial charge in [-0.1, -0.05) is 6.07 Å². The average Bonchev–Trinajstić information content (AvgIpc) is 3.22. The Balaban J connectivity index is 0.000000343. The van der Waals surface area contributed by atoms with Gasteiger partial charge in [-0.2, -0.15) is 26.3 Å². The van der Waals surface area contributed by atoms with Crippen molar-refractivity contribution in [1.82, 2.24) is 15.2 Å². The Morgan fingerprint density at radius 3 is 2.15 bits per heavy atom. The molecule has 3 heterocycles. The van der Waals surface area contributed by atoms with Crippen LogP contribution in [0.3, 0.4) is 0 Å². The number of pyridine rings is 1. The number of amides is 1. The number of aromatic nitrogens is 1. The van der Waals surface area contributed by atoms with Gasteiger partial charge in [0.05, 0.1) is 12.0 Å². The van der Waals surface area contributed by atoms with Crippen LogP contribution in [-0.2, 0) is 25.7 Å². The van der Waals surface area contributed by atoms with Crippen molar-refractivity contribution < 1.29 is 55.7 Å². The molecule has 2 fully saturated rings. The normalized spacial score (nSPS) is 22.3. The fourth-order valence-electron chi connectivity index (χ4n) is 3.36. The maximum atomic E-state index is 11.9. The summed E-state index contributed by atoms with van der Waals surface area (Å²) in [6, 6.07) is 4.48. The number of aliphatic carboxylic acids is 2. The Kier molecular flexibility index (Phi) is 10.7. The molecule has 2 aliphatic rings. The smallest absolute Gasteiger partial charge is 0.475 e. The number of alkyl halides is 6. The number of hydrogen-bond donors (Lipinski definition) is 3. The van der Waals surface area contributed by atoms with E-state index in [0.29, 0.717) is 6.04 Å². The molecule has 0 spiro atoms. The molecule has 2 aliphatic heterocycles. The molecule has 3 atom stereocenters. The number of carbonyl (C=O) groups is 3. The molecule has 0 aromatic carbocycles. The third-order valence-corrected chi connectivity index (χ3v) is 4.83. The van der Waals surface area contributed by atoms with Crippen LogP contribution < -0.4 is 5.32 Å².